The average molecular weight is 357 g/mol. The van der Waals surface area contributed by atoms with Crippen LogP contribution in [0.4, 0.5) is 5.69 Å². The van der Waals surface area contributed by atoms with Crippen molar-refractivity contribution in [3.8, 4) is 16.4 Å². The number of hydrogen-bond donors (Lipinski definition) is 1. The monoisotopic (exact) mass is 357 g/mol. The van der Waals surface area contributed by atoms with Crippen molar-refractivity contribution in [1.29, 1.82) is 0 Å². The highest BCUT2D eigenvalue weighted by atomic mass is 32.1. The SMILES string of the molecule is COc1ccc(NC(=O)CN(C)Cc2cc(-c3cccs3)on2)cc1. The van der Waals surface area contributed by atoms with Crippen LogP contribution in [0.2, 0.25) is 0 Å². The lowest BCUT2D eigenvalue weighted by Crippen LogP contribution is -2.29. The van der Waals surface area contributed by atoms with Crippen LogP contribution >= 0.6 is 11.3 Å². The standard InChI is InChI=1S/C18H19N3O3S/c1-21(11-14-10-16(24-20-14)17-4-3-9-25-17)12-18(22)19-13-5-7-15(23-2)8-6-13/h3-10H,11-12H2,1-2H3,(H,19,22). The number of carbonyl (C=O) groups is 1. The van der Waals surface area contributed by atoms with Gasteiger partial charge in [0.15, 0.2) is 5.76 Å². The summed E-state index contributed by atoms with van der Waals surface area (Å²) in [5.41, 5.74) is 1.53. The van der Waals surface area contributed by atoms with Crippen molar-refractivity contribution in [2.24, 2.45) is 0 Å². The Bertz CT molecular complexity index is 812. The zero-order chi connectivity index (χ0) is 17.6. The van der Waals surface area contributed by atoms with Gasteiger partial charge in [0.2, 0.25) is 5.91 Å². The minimum Gasteiger partial charge on any atom is -0.497 e. The van der Waals surface area contributed by atoms with E-state index in [1.807, 2.05) is 47.7 Å². The van der Waals surface area contributed by atoms with Crippen LogP contribution in [0, 0.1) is 0 Å². The highest BCUT2D eigenvalue weighted by Gasteiger charge is 2.12. The highest BCUT2D eigenvalue weighted by Crippen LogP contribution is 2.25. The Morgan fingerprint density at radius 1 is 1.32 bits per heavy atom. The van der Waals surface area contributed by atoms with Gasteiger partial charge < -0.3 is 14.6 Å². The van der Waals surface area contributed by atoms with Crippen LogP contribution in [0.3, 0.4) is 0 Å². The number of hydrogen-bond acceptors (Lipinski definition) is 6. The number of aromatic nitrogens is 1. The molecule has 0 saturated heterocycles. The first kappa shape index (κ1) is 17.2. The maximum atomic E-state index is 12.1. The van der Waals surface area contributed by atoms with E-state index in [1.54, 1.807) is 30.6 Å². The van der Waals surface area contributed by atoms with E-state index in [1.165, 1.54) is 0 Å². The quantitative estimate of drug-likeness (QED) is 0.701. The molecule has 1 amide bonds. The summed E-state index contributed by atoms with van der Waals surface area (Å²) in [6, 6.07) is 13.1. The molecule has 0 spiro atoms. The van der Waals surface area contributed by atoms with Gasteiger partial charge in [-0.15, -0.1) is 11.3 Å². The molecule has 1 N–H and O–H groups in total. The molecule has 0 aliphatic heterocycles. The number of rotatable bonds is 7. The highest BCUT2D eigenvalue weighted by molar-refractivity contribution is 7.13. The third kappa shape index (κ3) is 4.68. The summed E-state index contributed by atoms with van der Waals surface area (Å²) >= 11 is 1.60. The minimum atomic E-state index is -0.0883. The van der Waals surface area contributed by atoms with E-state index < -0.39 is 0 Å². The molecular weight excluding hydrogens is 338 g/mol. The molecule has 6 nitrogen and oxygen atoms in total. The Kier molecular flexibility index (Phi) is 5.47. The molecule has 0 bridgehead atoms. The summed E-state index contributed by atoms with van der Waals surface area (Å²) in [5.74, 6) is 1.42. The molecule has 0 fully saturated rings. The average Bonchev–Trinajstić information content (AvgIpc) is 3.26. The number of methoxy groups -OCH3 is 1. The van der Waals surface area contributed by atoms with Gasteiger partial charge in [0.25, 0.3) is 0 Å². The summed E-state index contributed by atoms with van der Waals surface area (Å²) in [6.07, 6.45) is 0. The molecule has 0 atom stereocenters. The first-order valence-electron chi connectivity index (χ1n) is 7.76. The Morgan fingerprint density at radius 3 is 2.80 bits per heavy atom. The summed E-state index contributed by atoms with van der Waals surface area (Å²) in [4.78, 5) is 15.1. The predicted octanol–water partition coefficient (Wildman–Crippen LogP) is 3.48. The van der Waals surface area contributed by atoms with E-state index >= 15 is 0 Å². The Hall–Kier alpha value is -2.64. The molecule has 0 aliphatic carbocycles. The molecule has 130 valence electrons. The Morgan fingerprint density at radius 2 is 2.12 bits per heavy atom. The number of nitrogens with one attached hydrogen (secondary N) is 1. The zero-order valence-corrected chi connectivity index (χ0v) is 14.9. The fraction of sp³-hybridized carbons (Fsp3) is 0.222. The molecule has 3 rings (SSSR count). The molecule has 0 radical (unpaired) electrons. The molecule has 0 unspecified atom stereocenters. The summed E-state index contributed by atoms with van der Waals surface area (Å²) in [6.45, 7) is 0.790. The van der Waals surface area contributed by atoms with Crippen molar-refractivity contribution < 1.29 is 14.1 Å². The predicted molar refractivity (Wildman–Crippen MR) is 97.8 cm³/mol. The van der Waals surface area contributed by atoms with Crippen LogP contribution in [-0.4, -0.2) is 36.7 Å². The second kappa shape index (κ2) is 7.96. The van der Waals surface area contributed by atoms with Crippen molar-refractivity contribution in [2.75, 3.05) is 26.0 Å². The normalized spacial score (nSPS) is 10.8. The van der Waals surface area contributed by atoms with Gasteiger partial charge in [-0.2, -0.15) is 0 Å². The van der Waals surface area contributed by atoms with Crippen LogP contribution in [0.15, 0.2) is 52.4 Å². The van der Waals surface area contributed by atoms with Gasteiger partial charge in [-0.05, 0) is 42.8 Å². The van der Waals surface area contributed by atoms with E-state index in [4.69, 9.17) is 9.26 Å². The number of likely N-dealkylation sites (N-methyl/N-ethyl adjacent to an activating group) is 1. The van der Waals surface area contributed by atoms with Gasteiger partial charge in [0.05, 0.1) is 24.2 Å². The van der Waals surface area contributed by atoms with Crippen LogP contribution in [-0.2, 0) is 11.3 Å². The van der Waals surface area contributed by atoms with Gasteiger partial charge in [-0.1, -0.05) is 11.2 Å². The molecule has 1 aromatic carbocycles. The fourth-order valence-electron chi connectivity index (χ4n) is 2.37. The van der Waals surface area contributed by atoms with Gasteiger partial charge in [0, 0.05) is 18.3 Å². The second-order valence-corrected chi connectivity index (χ2v) is 6.56. The van der Waals surface area contributed by atoms with Crippen molar-refractivity contribution in [2.45, 2.75) is 6.54 Å². The second-order valence-electron chi connectivity index (χ2n) is 5.61. The first-order chi connectivity index (χ1) is 12.1. The maximum absolute atomic E-state index is 12.1. The van der Waals surface area contributed by atoms with Crippen LogP contribution < -0.4 is 10.1 Å². The molecule has 2 aromatic heterocycles. The lowest BCUT2D eigenvalue weighted by Gasteiger charge is -2.14. The van der Waals surface area contributed by atoms with Crippen molar-refractivity contribution in [3.63, 3.8) is 0 Å². The number of thiophene rings is 1. The summed E-state index contributed by atoms with van der Waals surface area (Å²) in [7, 11) is 3.48. The van der Waals surface area contributed by atoms with Gasteiger partial charge in [-0.3, -0.25) is 9.69 Å². The van der Waals surface area contributed by atoms with Crippen LogP contribution in [0.5, 0.6) is 5.75 Å². The number of anilines is 1. The number of amides is 1. The topological polar surface area (TPSA) is 67.6 Å². The van der Waals surface area contributed by atoms with Gasteiger partial charge >= 0.3 is 0 Å². The lowest BCUT2D eigenvalue weighted by molar-refractivity contribution is -0.117. The Balaban J connectivity index is 1.51. The van der Waals surface area contributed by atoms with Crippen molar-refractivity contribution in [3.05, 3.63) is 53.5 Å². The third-order valence-corrected chi connectivity index (χ3v) is 4.43. The van der Waals surface area contributed by atoms with Gasteiger partial charge in [0.1, 0.15) is 5.75 Å². The van der Waals surface area contributed by atoms with Crippen molar-refractivity contribution >= 4 is 22.9 Å². The minimum absolute atomic E-state index is 0.0883. The molecule has 2 heterocycles. The van der Waals surface area contributed by atoms with E-state index in [9.17, 15) is 4.79 Å². The maximum Gasteiger partial charge on any atom is 0.238 e. The van der Waals surface area contributed by atoms with E-state index in [0.717, 1.165) is 27.8 Å². The lowest BCUT2D eigenvalue weighted by atomic mass is 10.3. The van der Waals surface area contributed by atoms with E-state index in [0.29, 0.717) is 6.54 Å². The molecular formula is C18H19N3O3S. The fourth-order valence-corrected chi connectivity index (χ4v) is 3.05. The number of nitrogens with zero attached hydrogens (tertiary/aromatic N) is 2. The number of carbonyl (C=O) groups excluding carboxylic acids is 1. The Labute approximate surface area is 150 Å². The first-order valence-corrected chi connectivity index (χ1v) is 8.64. The summed E-state index contributed by atoms with van der Waals surface area (Å²) in [5, 5.41) is 8.92. The molecule has 0 saturated carbocycles. The smallest absolute Gasteiger partial charge is 0.238 e. The van der Waals surface area contributed by atoms with E-state index in [-0.39, 0.29) is 12.5 Å². The third-order valence-electron chi connectivity index (χ3n) is 3.54. The zero-order valence-electron chi connectivity index (χ0n) is 14.1. The van der Waals surface area contributed by atoms with Gasteiger partial charge in [-0.25, -0.2) is 0 Å². The molecule has 25 heavy (non-hydrogen) atoms. The van der Waals surface area contributed by atoms with Crippen molar-refractivity contribution in [1.82, 2.24) is 10.1 Å². The summed E-state index contributed by atoms with van der Waals surface area (Å²) < 4.78 is 10.5. The molecule has 3 aromatic rings. The number of ether oxygens (including phenoxy) is 1. The molecule has 7 heteroatoms. The van der Waals surface area contributed by atoms with Crippen LogP contribution in [0.1, 0.15) is 5.69 Å². The molecule has 0 aliphatic rings. The largest absolute Gasteiger partial charge is 0.497 e. The van der Waals surface area contributed by atoms with E-state index in [2.05, 4.69) is 10.5 Å². The number of benzene rings is 1. The van der Waals surface area contributed by atoms with Crippen LogP contribution in [0.25, 0.3) is 10.6 Å².